The van der Waals surface area contributed by atoms with Crippen LogP contribution in [0.15, 0.2) is 18.2 Å². The molecule has 0 N–H and O–H groups in total. The Hall–Kier alpha value is -0.833. The van der Waals surface area contributed by atoms with Gasteiger partial charge < -0.3 is 4.43 Å². The molecule has 0 saturated heterocycles. The predicted molar refractivity (Wildman–Crippen MR) is 69.0 cm³/mol. The maximum absolute atomic E-state index is 13.0. The van der Waals surface area contributed by atoms with Crippen LogP contribution in [0.2, 0.25) is 18.1 Å². The Kier molecular flexibility index (Phi) is 3.48. The molecule has 0 aromatic heterocycles. The molecule has 0 unspecified atom stereocenters. The monoisotopic (exact) mass is 240 g/mol. The Morgan fingerprint density at radius 3 is 2.19 bits per heavy atom. The van der Waals surface area contributed by atoms with Crippen molar-refractivity contribution in [2.45, 2.75) is 45.8 Å². The number of hydrogen-bond acceptors (Lipinski definition) is 1. The fourth-order valence-corrected chi connectivity index (χ4v) is 2.24. The van der Waals surface area contributed by atoms with E-state index in [2.05, 4.69) is 33.9 Å². The first-order chi connectivity index (χ1) is 7.13. The zero-order chi connectivity index (χ0) is 12.6. The Morgan fingerprint density at radius 2 is 1.75 bits per heavy atom. The molecule has 0 aliphatic rings. The molecule has 0 atom stereocenters. The van der Waals surface area contributed by atoms with Crippen molar-refractivity contribution in [1.82, 2.24) is 0 Å². The van der Waals surface area contributed by atoms with E-state index in [0.29, 0.717) is 0 Å². The average Bonchev–Trinajstić information content (AvgIpc) is 2.08. The molecule has 90 valence electrons. The minimum Gasteiger partial charge on any atom is -0.543 e. The van der Waals surface area contributed by atoms with Crippen LogP contribution in [0, 0.1) is 12.7 Å². The van der Waals surface area contributed by atoms with Gasteiger partial charge in [0.15, 0.2) is 0 Å². The molecule has 3 heteroatoms. The lowest BCUT2D eigenvalue weighted by molar-refractivity contribution is 0.487. The van der Waals surface area contributed by atoms with E-state index in [0.717, 1.165) is 11.3 Å². The molecule has 1 nitrogen and oxygen atoms in total. The predicted octanol–water partition coefficient (Wildman–Crippen LogP) is 4.52. The summed E-state index contributed by atoms with van der Waals surface area (Å²) in [6.07, 6.45) is 0. The Balaban J connectivity index is 2.97. The van der Waals surface area contributed by atoms with Crippen LogP contribution in [0.1, 0.15) is 26.3 Å². The largest absolute Gasteiger partial charge is 0.543 e. The van der Waals surface area contributed by atoms with Crippen LogP contribution in [0.4, 0.5) is 4.39 Å². The van der Waals surface area contributed by atoms with Crippen LogP contribution < -0.4 is 4.43 Å². The quantitative estimate of drug-likeness (QED) is 0.691. The zero-order valence-corrected chi connectivity index (χ0v) is 12.0. The number of benzene rings is 1. The smallest absolute Gasteiger partial charge is 0.250 e. The second kappa shape index (κ2) is 4.21. The molecular weight excluding hydrogens is 219 g/mol. The van der Waals surface area contributed by atoms with Gasteiger partial charge in [-0.1, -0.05) is 20.8 Å². The van der Waals surface area contributed by atoms with Crippen molar-refractivity contribution in [1.29, 1.82) is 0 Å². The minimum atomic E-state index is -1.82. The Bertz CT molecular complexity index is 380. The van der Waals surface area contributed by atoms with Gasteiger partial charge in [0.05, 0.1) is 0 Å². The summed E-state index contributed by atoms with van der Waals surface area (Å²) in [6.45, 7) is 12.8. The highest BCUT2D eigenvalue weighted by molar-refractivity contribution is 6.74. The SMILES string of the molecule is Cc1cc(F)ccc1O[Si](C)(C)C(C)(C)C. The maximum Gasteiger partial charge on any atom is 0.250 e. The summed E-state index contributed by atoms with van der Waals surface area (Å²) in [5, 5.41) is 0.161. The van der Waals surface area contributed by atoms with Crippen molar-refractivity contribution in [2.75, 3.05) is 0 Å². The highest BCUT2D eigenvalue weighted by atomic mass is 28.4. The second-order valence-corrected chi connectivity index (χ2v) is 10.5. The summed E-state index contributed by atoms with van der Waals surface area (Å²) in [5.41, 5.74) is 0.866. The molecule has 0 bridgehead atoms. The van der Waals surface area contributed by atoms with Crippen molar-refractivity contribution in [2.24, 2.45) is 0 Å². The fraction of sp³-hybridized carbons (Fsp3) is 0.538. The number of rotatable bonds is 2. The molecular formula is C13H21FOSi. The molecule has 16 heavy (non-hydrogen) atoms. The summed E-state index contributed by atoms with van der Waals surface area (Å²) in [6, 6.07) is 4.70. The van der Waals surface area contributed by atoms with E-state index in [1.807, 2.05) is 6.92 Å². The van der Waals surface area contributed by atoms with Gasteiger partial charge in [0.25, 0.3) is 0 Å². The third-order valence-corrected chi connectivity index (χ3v) is 7.65. The second-order valence-electron chi connectivity index (χ2n) is 5.77. The molecule has 1 aromatic rings. The lowest BCUT2D eigenvalue weighted by Crippen LogP contribution is -2.44. The van der Waals surface area contributed by atoms with E-state index in [1.165, 1.54) is 12.1 Å². The minimum absolute atomic E-state index is 0.161. The van der Waals surface area contributed by atoms with Crippen LogP contribution in [-0.4, -0.2) is 8.32 Å². The first kappa shape index (κ1) is 13.2. The third-order valence-electron chi connectivity index (χ3n) is 3.31. The van der Waals surface area contributed by atoms with Crippen molar-refractivity contribution in [3.05, 3.63) is 29.6 Å². The summed E-state index contributed by atoms with van der Waals surface area (Å²) >= 11 is 0. The molecule has 0 spiro atoms. The molecule has 0 amide bonds. The van der Waals surface area contributed by atoms with Crippen molar-refractivity contribution < 1.29 is 8.82 Å². The standard InChI is InChI=1S/C13H21FOSi/c1-10-9-11(14)7-8-12(10)15-16(5,6)13(2,3)4/h7-9H,1-6H3. The van der Waals surface area contributed by atoms with Crippen molar-refractivity contribution >= 4 is 8.32 Å². The lowest BCUT2D eigenvalue weighted by atomic mass is 10.2. The van der Waals surface area contributed by atoms with Gasteiger partial charge >= 0.3 is 0 Å². The van der Waals surface area contributed by atoms with Crippen LogP contribution in [0.3, 0.4) is 0 Å². The van der Waals surface area contributed by atoms with Gasteiger partial charge in [-0.25, -0.2) is 4.39 Å². The highest BCUT2D eigenvalue weighted by Gasteiger charge is 2.39. The van der Waals surface area contributed by atoms with Gasteiger partial charge in [-0.2, -0.15) is 0 Å². The third kappa shape index (κ3) is 2.85. The summed E-state index contributed by atoms with van der Waals surface area (Å²) < 4.78 is 19.1. The van der Waals surface area contributed by atoms with Crippen LogP contribution in [0.5, 0.6) is 5.75 Å². The van der Waals surface area contributed by atoms with Crippen LogP contribution >= 0.6 is 0 Å². The van der Waals surface area contributed by atoms with Gasteiger partial charge in [-0.05, 0) is 48.8 Å². The van der Waals surface area contributed by atoms with Crippen LogP contribution in [-0.2, 0) is 0 Å². The van der Waals surface area contributed by atoms with E-state index in [9.17, 15) is 4.39 Å². The first-order valence-electron chi connectivity index (χ1n) is 5.59. The van der Waals surface area contributed by atoms with E-state index in [4.69, 9.17) is 4.43 Å². The van der Waals surface area contributed by atoms with Gasteiger partial charge in [0.1, 0.15) is 11.6 Å². The number of halogens is 1. The lowest BCUT2D eigenvalue weighted by Gasteiger charge is -2.36. The van der Waals surface area contributed by atoms with E-state index in [1.54, 1.807) is 6.07 Å². The van der Waals surface area contributed by atoms with Crippen molar-refractivity contribution in [3.63, 3.8) is 0 Å². The molecule has 1 rings (SSSR count). The molecule has 1 aromatic carbocycles. The molecule has 0 aliphatic carbocycles. The first-order valence-corrected chi connectivity index (χ1v) is 8.49. The normalized spacial score (nSPS) is 12.7. The summed E-state index contributed by atoms with van der Waals surface area (Å²) in [7, 11) is -1.82. The Morgan fingerprint density at radius 1 is 1.19 bits per heavy atom. The maximum atomic E-state index is 13.0. The van der Waals surface area contributed by atoms with Gasteiger partial charge in [0, 0.05) is 0 Å². The highest BCUT2D eigenvalue weighted by Crippen LogP contribution is 2.38. The zero-order valence-electron chi connectivity index (χ0n) is 11.0. The topological polar surface area (TPSA) is 9.23 Å². The van der Waals surface area contributed by atoms with Crippen LogP contribution in [0.25, 0.3) is 0 Å². The van der Waals surface area contributed by atoms with E-state index in [-0.39, 0.29) is 10.9 Å². The van der Waals surface area contributed by atoms with E-state index < -0.39 is 8.32 Å². The molecule has 0 radical (unpaired) electrons. The van der Waals surface area contributed by atoms with Gasteiger partial charge in [0.2, 0.25) is 8.32 Å². The van der Waals surface area contributed by atoms with Gasteiger partial charge in [-0.3, -0.25) is 0 Å². The number of hydrogen-bond donors (Lipinski definition) is 0. The molecule has 0 saturated carbocycles. The summed E-state index contributed by atoms with van der Waals surface area (Å²) in [4.78, 5) is 0. The van der Waals surface area contributed by atoms with E-state index >= 15 is 0 Å². The molecule has 0 aliphatic heterocycles. The number of aryl methyl sites for hydroxylation is 1. The fourth-order valence-electron chi connectivity index (χ4n) is 1.16. The summed E-state index contributed by atoms with van der Waals surface area (Å²) in [5.74, 6) is 0.605. The Labute approximate surface area is 98.8 Å². The van der Waals surface area contributed by atoms with Crippen molar-refractivity contribution in [3.8, 4) is 5.75 Å². The molecule has 0 heterocycles. The molecule has 0 fully saturated rings. The average molecular weight is 240 g/mol. The van der Waals surface area contributed by atoms with Gasteiger partial charge in [-0.15, -0.1) is 0 Å².